The van der Waals surface area contributed by atoms with Gasteiger partial charge in [0.2, 0.25) is 0 Å². The summed E-state index contributed by atoms with van der Waals surface area (Å²) >= 11 is 6.20. The van der Waals surface area contributed by atoms with E-state index in [-0.39, 0.29) is 17.1 Å². The van der Waals surface area contributed by atoms with Crippen molar-refractivity contribution in [2.75, 3.05) is 31.1 Å². The van der Waals surface area contributed by atoms with Crippen LogP contribution in [0.25, 0.3) is 5.69 Å². The molecule has 7 heteroatoms. The normalized spacial score (nSPS) is 17.5. The first-order valence-electron chi connectivity index (χ1n) is 12.2. The van der Waals surface area contributed by atoms with E-state index >= 15 is 0 Å². The first-order valence-corrected chi connectivity index (χ1v) is 12.5. The Balaban J connectivity index is 1.31. The van der Waals surface area contributed by atoms with Crippen molar-refractivity contribution in [2.24, 2.45) is 5.41 Å². The van der Waals surface area contributed by atoms with E-state index in [4.69, 9.17) is 11.6 Å². The lowest BCUT2D eigenvalue weighted by Crippen LogP contribution is -2.49. The number of nitrogens with zero attached hydrogens (tertiary/aromatic N) is 4. The van der Waals surface area contributed by atoms with Crippen LogP contribution in [0.2, 0.25) is 5.02 Å². The van der Waals surface area contributed by atoms with Crippen molar-refractivity contribution in [1.29, 1.82) is 0 Å². The fraction of sp³-hybridized carbons (Fsp3) is 0.393. The predicted octanol–water partition coefficient (Wildman–Crippen LogP) is 5.26. The van der Waals surface area contributed by atoms with E-state index in [0.29, 0.717) is 25.1 Å². The van der Waals surface area contributed by atoms with E-state index in [1.807, 2.05) is 59.0 Å². The topological polar surface area (TPSA) is 58.4 Å². The molecule has 1 aliphatic carbocycles. The van der Waals surface area contributed by atoms with Crippen molar-refractivity contribution in [1.82, 2.24) is 14.7 Å². The van der Waals surface area contributed by atoms with Gasteiger partial charge in [-0.15, -0.1) is 0 Å². The van der Waals surface area contributed by atoms with Crippen molar-refractivity contribution in [3.8, 4) is 5.69 Å². The Morgan fingerprint density at radius 3 is 2.34 bits per heavy atom. The van der Waals surface area contributed by atoms with Gasteiger partial charge in [-0.2, -0.15) is 5.10 Å². The maximum atomic E-state index is 13.2. The molecule has 0 bridgehead atoms. The van der Waals surface area contributed by atoms with Crippen LogP contribution in [-0.2, 0) is 6.42 Å². The van der Waals surface area contributed by atoms with E-state index in [2.05, 4.69) is 30.8 Å². The van der Waals surface area contributed by atoms with Crippen LogP contribution in [0.4, 0.5) is 5.69 Å². The molecular formula is C28H31ClN4O2. The summed E-state index contributed by atoms with van der Waals surface area (Å²) in [4.78, 5) is 30.1. The molecule has 0 saturated carbocycles. The molecule has 1 fully saturated rings. The smallest absolute Gasteiger partial charge is 0.253 e. The summed E-state index contributed by atoms with van der Waals surface area (Å²) in [5, 5.41) is 5.41. The van der Waals surface area contributed by atoms with Gasteiger partial charge in [-0.05, 0) is 67.6 Å². The van der Waals surface area contributed by atoms with Crippen molar-refractivity contribution >= 4 is 29.0 Å². The van der Waals surface area contributed by atoms with Gasteiger partial charge in [0.15, 0.2) is 5.78 Å². The fourth-order valence-electron chi connectivity index (χ4n) is 5.35. The predicted molar refractivity (Wildman–Crippen MR) is 139 cm³/mol. The van der Waals surface area contributed by atoms with Gasteiger partial charge in [0, 0.05) is 48.9 Å². The number of hydrogen-bond acceptors (Lipinski definition) is 4. The fourth-order valence-corrected chi connectivity index (χ4v) is 5.52. The molecule has 1 aliphatic heterocycles. The molecule has 0 radical (unpaired) electrons. The van der Waals surface area contributed by atoms with Crippen molar-refractivity contribution in [3.05, 3.63) is 75.6 Å². The lowest BCUT2D eigenvalue weighted by molar-refractivity contribution is 0.0746. The second-order valence-electron chi connectivity index (χ2n) is 10.5. The van der Waals surface area contributed by atoms with Crippen molar-refractivity contribution < 1.29 is 9.59 Å². The van der Waals surface area contributed by atoms with Crippen LogP contribution in [0.15, 0.2) is 42.5 Å². The second-order valence-corrected chi connectivity index (χ2v) is 11.0. The number of hydrogen-bond donors (Lipinski definition) is 0. The lowest BCUT2D eigenvalue weighted by Gasteiger charge is -2.37. The number of aromatic nitrogens is 2. The SMILES string of the molecule is Cc1ccc(Cl)cc1N1CCN(C(=O)c2ccc(-n3nc(C)c4c3CC(C)(C)CC4=O)cc2)CC1. The molecule has 1 aromatic heterocycles. The molecule has 5 rings (SSSR count). The van der Waals surface area contributed by atoms with E-state index in [1.165, 1.54) is 5.56 Å². The van der Waals surface area contributed by atoms with Crippen molar-refractivity contribution in [2.45, 2.75) is 40.5 Å². The van der Waals surface area contributed by atoms with Crippen LogP contribution >= 0.6 is 11.6 Å². The molecule has 182 valence electrons. The van der Waals surface area contributed by atoms with Gasteiger partial charge in [-0.1, -0.05) is 31.5 Å². The molecule has 6 nitrogen and oxygen atoms in total. The zero-order valence-corrected chi connectivity index (χ0v) is 21.5. The molecule has 1 saturated heterocycles. The first-order chi connectivity index (χ1) is 16.6. The van der Waals surface area contributed by atoms with Crippen LogP contribution in [0.5, 0.6) is 0 Å². The summed E-state index contributed by atoms with van der Waals surface area (Å²) in [5.41, 5.74) is 6.27. The first kappa shape index (κ1) is 23.6. The molecule has 2 heterocycles. The summed E-state index contributed by atoms with van der Waals surface area (Å²) < 4.78 is 1.88. The third-order valence-electron chi connectivity index (χ3n) is 7.16. The van der Waals surface area contributed by atoms with Gasteiger partial charge in [0.1, 0.15) is 0 Å². The van der Waals surface area contributed by atoms with Gasteiger partial charge >= 0.3 is 0 Å². The molecule has 0 unspecified atom stereocenters. The summed E-state index contributed by atoms with van der Waals surface area (Å²) in [6.07, 6.45) is 1.34. The lowest BCUT2D eigenvalue weighted by atomic mass is 9.75. The molecule has 2 aliphatic rings. The minimum atomic E-state index is -0.0873. The summed E-state index contributed by atoms with van der Waals surface area (Å²) in [6.45, 7) is 11.1. The highest BCUT2D eigenvalue weighted by atomic mass is 35.5. The molecule has 0 N–H and O–H groups in total. The molecule has 0 atom stereocenters. The molecule has 2 aromatic carbocycles. The number of anilines is 1. The average molecular weight is 491 g/mol. The Morgan fingerprint density at radius 2 is 1.66 bits per heavy atom. The highest BCUT2D eigenvalue weighted by Crippen LogP contribution is 2.37. The van der Waals surface area contributed by atoms with Gasteiger partial charge in [-0.25, -0.2) is 4.68 Å². The minimum Gasteiger partial charge on any atom is -0.368 e. The van der Waals surface area contributed by atoms with Crippen LogP contribution in [0.3, 0.4) is 0 Å². The zero-order valence-electron chi connectivity index (χ0n) is 20.8. The Kier molecular flexibility index (Phi) is 5.96. The minimum absolute atomic E-state index is 0.0361. The third-order valence-corrected chi connectivity index (χ3v) is 7.39. The standard InChI is InChI=1S/C28H31ClN4O2/c1-18-5-8-21(29)15-23(18)31-11-13-32(14-12-31)27(35)20-6-9-22(10-7-20)33-24-16-28(3,4)17-25(34)26(24)19(2)30-33/h5-10,15H,11-14,16-17H2,1-4H3. The van der Waals surface area contributed by atoms with Crippen LogP contribution in [-0.4, -0.2) is 52.5 Å². The van der Waals surface area contributed by atoms with Gasteiger partial charge in [-0.3, -0.25) is 9.59 Å². The largest absolute Gasteiger partial charge is 0.368 e. The third kappa shape index (κ3) is 4.47. The van der Waals surface area contributed by atoms with E-state index in [0.717, 1.165) is 52.9 Å². The van der Waals surface area contributed by atoms with E-state index < -0.39 is 0 Å². The molecule has 1 amide bonds. The number of piperazine rings is 1. The second kappa shape index (κ2) is 8.83. The zero-order chi connectivity index (χ0) is 24.9. The quantitative estimate of drug-likeness (QED) is 0.502. The molecule has 0 spiro atoms. The monoisotopic (exact) mass is 490 g/mol. The van der Waals surface area contributed by atoms with Crippen molar-refractivity contribution in [3.63, 3.8) is 0 Å². The number of benzene rings is 2. The number of rotatable bonds is 3. The number of Topliss-reactive ketones (excluding diaryl/α,β-unsaturated/α-hetero) is 1. The highest BCUT2D eigenvalue weighted by Gasteiger charge is 2.35. The molecular weight excluding hydrogens is 460 g/mol. The number of halogens is 1. The van der Waals surface area contributed by atoms with Gasteiger partial charge < -0.3 is 9.80 Å². The van der Waals surface area contributed by atoms with E-state index in [9.17, 15) is 9.59 Å². The van der Waals surface area contributed by atoms with Crippen LogP contribution in [0.1, 0.15) is 57.9 Å². The van der Waals surface area contributed by atoms with E-state index in [1.54, 1.807) is 0 Å². The average Bonchev–Trinajstić information content (AvgIpc) is 3.15. The maximum absolute atomic E-state index is 13.2. The van der Waals surface area contributed by atoms with Gasteiger partial charge in [0.25, 0.3) is 5.91 Å². The molecule has 35 heavy (non-hydrogen) atoms. The number of fused-ring (bicyclic) bond motifs is 1. The molecule has 3 aromatic rings. The number of carbonyl (C=O) groups is 2. The van der Waals surface area contributed by atoms with Crippen LogP contribution < -0.4 is 4.90 Å². The summed E-state index contributed by atoms with van der Waals surface area (Å²) in [6, 6.07) is 13.5. The summed E-state index contributed by atoms with van der Waals surface area (Å²) in [5.74, 6) is 0.202. The number of amides is 1. The number of ketones is 1. The Morgan fingerprint density at radius 1 is 0.971 bits per heavy atom. The van der Waals surface area contributed by atoms with Gasteiger partial charge in [0.05, 0.1) is 22.6 Å². The van der Waals surface area contributed by atoms with Crippen LogP contribution in [0, 0.1) is 19.3 Å². The Bertz CT molecular complexity index is 1300. The summed E-state index contributed by atoms with van der Waals surface area (Å²) in [7, 11) is 0. The Labute approximate surface area is 211 Å². The number of carbonyl (C=O) groups excluding carboxylic acids is 2. The maximum Gasteiger partial charge on any atom is 0.253 e. The Hall–Kier alpha value is -3.12. The number of aryl methyl sites for hydroxylation is 2. The highest BCUT2D eigenvalue weighted by molar-refractivity contribution is 6.30.